The molecule has 1 fully saturated rings. The number of ketones is 1. The van der Waals surface area contributed by atoms with Crippen LogP contribution < -0.4 is 5.32 Å². The van der Waals surface area contributed by atoms with Gasteiger partial charge in [-0.15, -0.1) is 0 Å². The number of aryl methyl sites for hydroxylation is 3. The molecule has 0 saturated carbocycles. The summed E-state index contributed by atoms with van der Waals surface area (Å²) in [7, 11) is 1.97. The molecule has 2 heterocycles. The average Bonchev–Trinajstić information content (AvgIpc) is 3.25. The van der Waals surface area contributed by atoms with Crippen LogP contribution in [0.25, 0.3) is 10.9 Å². The standard InChI is InChI=1S/C26H32N2O.C5H13N.C2H4O/c1-3-21-11-7-12-24-20(2)19-28(25(21)24)16-8-15-27-17-13-23(14-18-27)26(29)22-9-5-4-6-10-22;1-5(2)4-6-3;1-2-3/h4-7,9-12,19,23H,3,8,13-18H2,1-2H3;5-6H,4H2,1-3H3;2H,1H3. The summed E-state index contributed by atoms with van der Waals surface area (Å²) in [5.74, 6) is 1.30. The number of piperidine rings is 1. The summed E-state index contributed by atoms with van der Waals surface area (Å²) in [5.41, 5.74) is 5.10. The summed E-state index contributed by atoms with van der Waals surface area (Å²) < 4.78 is 2.45. The van der Waals surface area contributed by atoms with Crippen molar-refractivity contribution in [3.8, 4) is 0 Å². The molecule has 3 aromatic rings. The highest BCUT2D eigenvalue weighted by Crippen LogP contribution is 2.26. The number of para-hydroxylation sites is 1. The fourth-order valence-corrected chi connectivity index (χ4v) is 5.21. The van der Waals surface area contributed by atoms with Crippen molar-refractivity contribution in [2.24, 2.45) is 11.8 Å². The third kappa shape index (κ3) is 9.52. The smallest absolute Gasteiger partial charge is 0.166 e. The van der Waals surface area contributed by atoms with E-state index >= 15 is 0 Å². The van der Waals surface area contributed by atoms with E-state index in [4.69, 9.17) is 4.79 Å². The van der Waals surface area contributed by atoms with Crippen LogP contribution in [0.15, 0.2) is 54.7 Å². The Morgan fingerprint density at radius 3 is 2.26 bits per heavy atom. The molecule has 0 unspecified atom stereocenters. The fraction of sp³-hybridized carbons (Fsp3) is 0.515. The molecule has 2 aromatic carbocycles. The number of hydrogen-bond donors (Lipinski definition) is 1. The van der Waals surface area contributed by atoms with Crippen LogP contribution in [-0.2, 0) is 17.8 Å². The maximum absolute atomic E-state index is 12.7. The van der Waals surface area contributed by atoms with Crippen LogP contribution in [0.2, 0.25) is 0 Å². The summed E-state index contributed by atoms with van der Waals surface area (Å²) in [6.07, 6.45) is 7.26. The lowest BCUT2D eigenvalue weighted by molar-refractivity contribution is -0.106. The van der Waals surface area contributed by atoms with Crippen LogP contribution in [0.1, 0.15) is 68.4 Å². The Bertz CT molecular complexity index is 1100. The van der Waals surface area contributed by atoms with Crippen molar-refractivity contribution in [2.45, 2.75) is 66.8 Å². The number of aldehydes is 1. The van der Waals surface area contributed by atoms with E-state index in [0.717, 1.165) is 76.2 Å². The first-order valence-corrected chi connectivity index (χ1v) is 14.3. The number of fused-ring (bicyclic) bond motifs is 1. The van der Waals surface area contributed by atoms with Gasteiger partial charge in [0.1, 0.15) is 6.29 Å². The number of carbonyl (C=O) groups excluding carboxylic acids is 2. The first kappa shape index (κ1) is 31.5. The van der Waals surface area contributed by atoms with Gasteiger partial charge in [-0.3, -0.25) is 4.79 Å². The van der Waals surface area contributed by atoms with E-state index in [0.29, 0.717) is 5.78 Å². The van der Waals surface area contributed by atoms with Crippen molar-refractivity contribution in [2.75, 3.05) is 33.2 Å². The molecule has 0 radical (unpaired) electrons. The Morgan fingerprint density at radius 1 is 1.05 bits per heavy atom. The number of nitrogens with zero attached hydrogens (tertiary/aromatic N) is 2. The third-order valence-corrected chi connectivity index (χ3v) is 7.06. The molecule has 4 rings (SSSR count). The molecule has 0 bridgehead atoms. The van der Waals surface area contributed by atoms with Crippen molar-refractivity contribution in [3.63, 3.8) is 0 Å². The molecular weight excluding hydrogens is 470 g/mol. The van der Waals surface area contributed by atoms with Crippen LogP contribution in [-0.4, -0.2) is 54.8 Å². The van der Waals surface area contributed by atoms with Crippen molar-refractivity contribution in [3.05, 3.63) is 71.4 Å². The van der Waals surface area contributed by atoms with E-state index in [1.165, 1.54) is 29.0 Å². The van der Waals surface area contributed by atoms with Gasteiger partial charge in [-0.25, -0.2) is 0 Å². The molecule has 1 N–H and O–H groups in total. The lowest BCUT2D eigenvalue weighted by Gasteiger charge is -2.31. The molecule has 0 atom stereocenters. The number of benzene rings is 2. The predicted octanol–water partition coefficient (Wildman–Crippen LogP) is 6.56. The Hall–Kier alpha value is -2.76. The number of aromatic nitrogens is 1. The molecule has 38 heavy (non-hydrogen) atoms. The van der Waals surface area contributed by atoms with Crippen LogP contribution in [0, 0.1) is 18.8 Å². The fourth-order valence-electron chi connectivity index (χ4n) is 5.21. The zero-order valence-electron chi connectivity index (χ0n) is 24.5. The second-order valence-corrected chi connectivity index (χ2v) is 10.6. The highest BCUT2D eigenvalue weighted by atomic mass is 16.1. The zero-order valence-corrected chi connectivity index (χ0v) is 24.5. The molecule has 1 aromatic heterocycles. The lowest BCUT2D eigenvalue weighted by Crippen LogP contribution is -2.37. The Labute approximate surface area is 230 Å². The van der Waals surface area contributed by atoms with E-state index in [1.54, 1.807) is 0 Å². The highest BCUT2D eigenvalue weighted by molar-refractivity contribution is 5.97. The van der Waals surface area contributed by atoms with Gasteiger partial charge >= 0.3 is 0 Å². The molecule has 0 spiro atoms. The molecule has 208 valence electrons. The third-order valence-electron chi connectivity index (χ3n) is 7.06. The summed E-state index contributed by atoms with van der Waals surface area (Å²) in [6, 6.07) is 16.5. The summed E-state index contributed by atoms with van der Waals surface area (Å²) >= 11 is 0. The average molecular weight is 520 g/mol. The van der Waals surface area contributed by atoms with Gasteiger partial charge in [-0.2, -0.15) is 0 Å². The molecule has 5 nitrogen and oxygen atoms in total. The van der Waals surface area contributed by atoms with Gasteiger partial charge in [0, 0.05) is 29.6 Å². The minimum Gasteiger partial charge on any atom is -0.347 e. The minimum absolute atomic E-state index is 0.191. The highest BCUT2D eigenvalue weighted by Gasteiger charge is 2.25. The molecule has 0 aliphatic carbocycles. The predicted molar refractivity (Wildman–Crippen MR) is 161 cm³/mol. The number of hydrogen-bond acceptors (Lipinski definition) is 4. The Morgan fingerprint density at radius 2 is 1.71 bits per heavy atom. The Balaban J connectivity index is 0.000000490. The number of rotatable bonds is 9. The molecule has 5 heteroatoms. The number of Topliss-reactive ketones (excluding diaryl/α,β-unsaturated/α-hetero) is 1. The van der Waals surface area contributed by atoms with Crippen LogP contribution >= 0.6 is 0 Å². The second kappa shape index (κ2) is 17.0. The van der Waals surface area contributed by atoms with Gasteiger partial charge in [-0.05, 0) is 89.8 Å². The van der Waals surface area contributed by atoms with E-state index in [1.807, 2.05) is 37.4 Å². The van der Waals surface area contributed by atoms with Crippen molar-refractivity contribution >= 4 is 23.0 Å². The largest absolute Gasteiger partial charge is 0.347 e. The molecule has 1 aliphatic rings. The molecule has 0 amide bonds. The van der Waals surface area contributed by atoms with Crippen molar-refractivity contribution < 1.29 is 9.59 Å². The first-order chi connectivity index (χ1) is 18.4. The van der Waals surface area contributed by atoms with Gasteiger partial charge < -0.3 is 19.6 Å². The van der Waals surface area contributed by atoms with E-state index in [2.05, 4.69) is 66.9 Å². The number of carbonyl (C=O) groups is 2. The number of likely N-dealkylation sites (tertiary alicyclic amines) is 1. The summed E-state index contributed by atoms with van der Waals surface area (Å²) in [5, 5.41) is 4.46. The maximum atomic E-state index is 12.7. The molecular formula is C33H49N3O2. The van der Waals surface area contributed by atoms with Crippen molar-refractivity contribution in [1.29, 1.82) is 0 Å². The van der Waals surface area contributed by atoms with Crippen LogP contribution in [0.4, 0.5) is 0 Å². The lowest BCUT2D eigenvalue weighted by atomic mass is 9.89. The number of nitrogens with one attached hydrogen (secondary N) is 1. The maximum Gasteiger partial charge on any atom is 0.166 e. The summed E-state index contributed by atoms with van der Waals surface area (Å²) in [6.45, 7) is 15.6. The van der Waals surface area contributed by atoms with Gasteiger partial charge in [0.15, 0.2) is 5.78 Å². The van der Waals surface area contributed by atoms with Gasteiger partial charge in [0.2, 0.25) is 0 Å². The van der Waals surface area contributed by atoms with Crippen LogP contribution in [0.5, 0.6) is 0 Å². The molecule has 1 aliphatic heterocycles. The topological polar surface area (TPSA) is 54.3 Å². The second-order valence-electron chi connectivity index (χ2n) is 10.6. The van der Waals surface area contributed by atoms with E-state index < -0.39 is 0 Å². The monoisotopic (exact) mass is 519 g/mol. The quantitative estimate of drug-likeness (QED) is 0.257. The van der Waals surface area contributed by atoms with Gasteiger partial charge in [0.25, 0.3) is 0 Å². The van der Waals surface area contributed by atoms with E-state index in [-0.39, 0.29) is 5.92 Å². The molecule has 1 saturated heterocycles. The van der Waals surface area contributed by atoms with Crippen molar-refractivity contribution in [1.82, 2.24) is 14.8 Å². The SMILES string of the molecule is CC=O.CCc1cccc2c(C)cn(CCCN3CCC(C(=O)c4ccccc4)CC3)c12.CNCC(C)C. The normalized spacial score (nSPS) is 14.0. The van der Waals surface area contributed by atoms with Crippen LogP contribution in [0.3, 0.4) is 0 Å². The van der Waals surface area contributed by atoms with E-state index in [9.17, 15) is 4.79 Å². The summed E-state index contributed by atoms with van der Waals surface area (Å²) in [4.78, 5) is 24.0. The van der Waals surface area contributed by atoms with Gasteiger partial charge in [0.05, 0.1) is 5.52 Å². The Kier molecular flexibility index (Phi) is 14.0. The minimum atomic E-state index is 0.191. The first-order valence-electron chi connectivity index (χ1n) is 14.3. The van der Waals surface area contributed by atoms with Gasteiger partial charge in [-0.1, -0.05) is 69.3 Å². The zero-order chi connectivity index (χ0) is 27.9.